The zero-order valence-corrected chi connectivity index (χ0v) is 23.1. The summed E-state index contributed by atoms with van der Waals surface area (Å²) in [5, 5.41) is 27.0. The van der Waals surface area contributed by atoms with Crippen molar-refractivity contribution >= 4 is 28.2 Å². The number of hydrogen-bond donors (Lipinski definition) is 5. The molecule has 4 rings (SSSR count). The maximum Gasteiger partial charge on any atom is 0.406 e. The van der Waals surface area contributed by atoms with E-state index in [1.54, 1.807) is 30.3 Å². The highest BCUT2D eigenvalue weighted by atomic mass is 19.4. The summed E-state index contributed by atoms with van der Waals surface area (Å²) < 4.78 is 61.7. The highest BCUT2D eigenvalue weighted by Gasteiger charge is 2.31. The number of aromatic nitrogens is 1. The molecule has 1 fully saturated rings. The molecular formula is C29H33F4N5O4. The number of methoxy groups -OCH3 is 1. The van der Waals surface area contributed by atoms with Crippen LogP contribution in [0.25, 0.3) is 10.9 Å². The number of likely N-dealkylation sites (tertiary alicyclic amines) is 1. The molecular weight excluding hydrogens is 558 g/mol. The van der Waals surface area contributed by atoms with E-state index in [1.165, 1.54) is 19.2 Å². The van der Waals surface area contributed by atoms with Gasteiger partial charge < -0.3 is 40.4 Å². The highest BCUT2D eigenvalue weighted by molar-refractivity contribution is 5.95. The first kappa shape index (κ1) is 31.0. The predicted molar refractivity (Wildman–Crippen MR) is 151 cm³/mol. The van der Waals surface area contributed by atoms with Crippen LogP contribution in [0.4, 0.5) is 28.9 Å². The molecule has 226 valence electrons. The number of amides is 1. The van der Waals surface area contributed by atoms with E-state index >= 15 is 0 Å². The first-order valence-corrected chi connectivity index (χ1v) is 13.3. The van der Waals surface area contributed by atoms with Gasteiger partial charge in [0.2, 0.25) is 0 Å². The summed E-state index contributed by atoms with van der Waals surface area (Å²) in [6, 6.07) is 10.6. The fourth-order valence-corrected chi connectivity index (χ4v) is 4.82. The summed E-state index contributed by atoms with van der Waals surface area (Å²) in [5.74, 6) is 5.46. The number of carbonyl (C=O) groups is 1. The van der Waals surface area contributed by atoms with Gasteiger partial charge in [0.1, 0.15) is 18.5 Å². The van der Waals surface area contributed by atoms with Crippen LogP contribution in [0.5, 0.6) is 5.75 Å². The Morgan fingerprint density at radius 1 is 1.19 bits per heavy atom. The number of aliphatic hydroxyl groups is 2. The minimum atomic E-state index is -4.49. The number of piperidine rings is 1. The topological polar surface area (TPSA) is 111 Å². The Kier molecular flexibility index (Phi) is 9.82. The molecule has 1 aliphatic rings. The minimum Gasteiger partial charge on any atom is -0.495 e. The Morgan fingerprint density at radius 2 is 1.98 bits per heavy atom. The lowest BCUT2D eigenvalue weighted by Crippen LogP contribution is -2.46. The van der Waals surface area contributed by atoms with Crippen molar-refractivity contribution in [3.05, 3.63) is 53.7 Å². The highest BCUT2D eigenvalue weighted by Crippen LogP contribution is 2.32. The molecule has 2 atom stereocenters. The number of aliphatic hydroxyl groups excluding tert-OH is 1. The number of rotatable bonds is 9. The van der Waals surface area contributed by atoms with Crippen molar-refractivity contribution in [2.24, 2.45) is 0 Å². The average molecular weight is 592 g/mol. The number of halogens is 4. The molecule has 2 heterocycles. The van der Waals surface area contributed by atoms with Crippen LogP contribution < -0.4 is 20.7 Å². The van der Waals surface area contributed by atoms with E-state index in [4.69, 9.17) is 14.9 Å². The summed E-state index contributed by atoms with van der Waals surface area (Å²) in [7, 11) is 3.25. The van der Waals surface area contributed by atoms with E-state index in [9.17, 15) is 22.4 Å². The van der Waals surface area contributed by atoms with Crippen molar-refractivity contribution in [2.75, 3.05) is 51.0 Å². The van der Waals surface area contributed by atoms with E-state index in [1.807, 2.05) is 11.9 Å². The van der Waals surface area contributed by atoms with Crippen molar-refractivity contribution in [3.8, 4) is 17.6 Å². The Morgan fingerprint density at radius 3 is 2.67 bits per heavy atom. The monoisotopic (exact) mass is 591 g/mol. The minimum absolute atomic E-state index is 0.0520. The number of anilines is 2. The Bertz CT molecular complexity index is 1460. The van der Waals surface area contributed by atoms with Gasteiger partial charge in [-0.3, -0.25) is 4.79 Å². The number of benzene rings is 2. The molecule has 0 unspecified atom stereocenters. The molecule has 0 saturated carbocycles. The van der Waals surface area contributed by atoms with Crippen LogP contribution in [-0.2, 0) is 6.54 Å². The SMILES string of the molecule is COc1cc(C(=O)NCC(O)O)ccc1NCC#Cc1cc2c(N[C@@H]3CCN(C)C[C@@H]3F)cccc2n1CC(F)(F)F. The second-order valence-corrected chi connectivity index (χ2v) is 10.0. The molecule has 0 bridgehead atoms. The number of carbonyl (C=O) groups excluding carboxylic acids is 1. The van der Waals surface area contributed by atoms with Crippen molar-refractivity contribution < 1.29 is 37.3 Å². The summed E-state index contributed by atoms with van der Waals surface area (Å²) in [5.41, 5.74) is 1.76. The molecule has 1 aromatic heterocycles. The van der Waals surface area contributed by atoms with Crippen molar-refractivity contribution in [1.82, 2.24) is 14.8 Å². The predicted octanol–water partition coefficient (Wildman–Crippen LogP) is 3.17. The van der Waals surface area contributed by atoms with Gasteiger partial charge in [0, 0.05) is 29.7 Å². The molecule has 1 amide bonds. The molecule has 5 N–H and O–H groups in total. The standard InChI is InChI=1S/C29H33F4N5O4/c1-37-12-10-23(21(30)16-37)36-22-6-3-7-25-20(22)14-19(38(25)17-29(31,32)33)5-4-11-34-24-9-8-18(13-26(24)42-2)28(41)35-15-27(39)40/h3,6-9,13-14,21,23,27,34,36,39-40H,10-12,15-17H2,1-2H3,(H,35,41)/t21-,23+/m0/s1. The van der Waals surface area contributed by atoms with Gasteiger partial charge >= 0.3 is 6.18 Å². The lowest BCUT2D eigenvalue weighted by atomic mass is 10.0. The first-order chi connectivity index (χ1) is 19.9. The number of nitrogens with one attached hydrogen (secondary N) is 3. The molecule has 3 aromatic rings. The summed E-state index contributed by atoms with van der Waals surface area (Å²) in [6.45, 7) is -0.533. The van der Waals surface area contributed by atoms with Crippen LogP contribution in [-0.4, -0.2) is 90.6 Å². The fourth-order valence-electron chi connectivity index (χ4n) is 4.82. The fraction of sp³-hybridized carbons (Fsp3) is 0.414. The number of fused-ring (bicyclic) bond motifs is 1. The van der Waals surface area contributed by atoms with E-state index in [0.717, 1.165) is 4.57 Å². The van der Waals surface area contributed by atoms with Gasteiger partial charge in [-0.2, -0.15) is 13.2 Å². The average Bonchev–Trinajstić information content (AvgIpc) is 3.27. The first-order valence-electron chi connectivity index (χ1n) is 13.3. The normalized spacial score (nSPS) is 17.5. The van der Waals surface area contributed by atoms with Gasteiger partial charge in [0.05, 0.1) is 43.1 Å². The molecule has 9 nitrogen and oxygen atoms in total. The van der Waals surface area contributed by atoms with E-state index in [-0.39, 0.29) is 30.9 Å². The van der Waals surface area contributed by atoms with Gasteiger partial charge in [-0.15, -0.1) is 0 Å². The van der Waals surface area contributed by atoms with Crippen LogP contribution in [0, 0.1) is 11.8 Å². The third-order valence-corrected chi connectivity index (χ3v) is 6.86. The van der Waals surface area contributed by atoms with Crippen molar-refractivity contribution in [2.45, 2.75) is 37.6 Å². The number of hydrogen-bond acceptors (Lipinski definition) is 7. The van der Waals surface area contributed by atoms with E-state index in [2.05, 4.69) is 27.8 Å². The Hall–Kier alpha value is -3.99. The van der Waals surface area contributed by atoms with E-state index in [0.29, 0.717) is 41.0 Å². The van der Waals surface area contributed by atoms with Crippen LogP contribution in [0.1, 0.15) is 22.5 Å². The van der Waals surface area contributed by atoms with Gasteiger partial charge in [0.25, 0.3) is 5.91 Å². The van der Waals surface area contributed by atoms with Crippen molar-refractivity contribution in [1.29, 1.82) is 0 Å². The zero-order chi connectivity index (χ0) is 30.4. The van der Waals surface area contributed by atoms with E-state index < -0.39 is 37.1 Å². The lowest BCUT2D eigenvalue weighted by Gasteiger charge is -2.33. The third-order valence-electron chi connectivity index (χ3n) is 6.86. The number of ether oxygens (including phenoxy) is 1. The summed E-state index contributed by atoms with van der Waals surface area (Å²) >= 11 is 0. The van der Waals surface area contributed by atoms with Crippen LogP contribution in [0.15, 0.2) is 42.5 Å². The molecule has 0 aliphatic carbocycles. The quantitative estimate of drug-likeness (QED) is 0.148. The molecule has 13 heteroatoms. The molecule has 2 aromatic carbocycles. The summed E-state index contributed by atoms with van der Waals surface area (Å²) in [4.78, 5) is 14.1. The second kappa shape index (κ2) is 13.3. The zero-order valence-electron chi connectivity index (χ0n) is 23.1. The smallest absolute Gasteiger partial charge is 0.406 e. The Balaban J connectivity index is 1.54. The largest absolute Gasteiger partial charge is 0.495 e. The second-order valence-electron chi connectivity index (χ2n) is 10.0. The molecule has 1 saturated heterocycles. The lowest BCUT2D eigenvalue weighted by molar-refractivity contribution is -0.140. The molecule has 0 spiro atoms. The Labute approximate surface area is 240 Å². The number of nitrogens with zero attached hydrogens (tertiary/aromatic N) is 2. The van der Waals surface area contributed by atoms with Crippen LogP contribution in [0.3, 0.4) is 0 Å². The van der Waals surface area contributed by atoms with Gasteiger partial charge in [-0.1, -0.05) is 12.0 Å². The van der Waals surface area contributed by atoms with Gasteiger partial charge in [-0.05, 0) is 55.8 Å². The van der Waals surface area contributed by atoms with Gasteiger partial charge in [0.15, 0.2) is 6.29 Å². The molecule has 0 radical (unpaired) electrons. The maximum absolute atomic E-state index is 14.7. The third kappa shape index (κ3) is 7.84. The molecule has 42 heavy (non-hydrogen) atoms. The van der Waals surface area contributed by atoms with Gasteiger partial charge in [-0.25, -0.2) is 4.39 Å². The van der Waals surface area contributed by atoms with Crippen molar-refractivity contribution in [3.63, 3.8) is 0 Å². The number of alkyl halides is 4. The van der Waals surface area contributed by atoms with Crippen LogP contribution in [0.2, 0.25) is 0 Å². The summed E-state index contributed by atoms with van der Waals surface area (Å²) in [6.07, 6.45) is -6.72. The molecule has 1 aliphatic heterocycles. The maximum atomic E-state index is 14.7. The van der Waals surface area contributed by atoms with Crippen LogP contribution >= 0.6 is 0 Å².